The minimum atomic E-state index is -4.55. The molecule has 1 fully saturated rings. The number of likely N-dealkylation sites (tertiary alicyclic amines) is 1. The van der Waals surface area contributed by atoms with Crippen molar-refractivity contribution in [1.82, 2.24) is 9.88 Å². The Balaban J connectivity index is 1.35. The van der Waals surface area contributed by atoms with Gasteiger partial charge >= 0.3 is 12.2 Å². The fraction of sp³-hybridized carbons (Fsp3) is 0.300. The van der Waals surface area contributed by atoms with Gasteiger partial charge in [-0.2, -0.15) is 18.2 Å². The summed E-state index contributed by atoms with van der Waals surface area (Å²) in [7, 11) is 0. The summed E-state index contributed by atoms with van der Waals surface area (Å²) < 4.78 is 59.6. The van der Waals surface area contributed by atoms with Crippen LogP contribution in [0.15, 0.2) is 42.5 Å². The number of amides is 2. The summed E-state index contributed by atoms with van der Waals surface area (Å²) in [5.74, 6) is -0.413. The lowest BCUT2D eigenvalue weighted by Gasteiger charge is -2.31. The second-order valence-corrected chi connectivity index (χ2v) is 7.84. The first-order valence-corrected chi connectivity index (χ1v) is 10.1. The molecule has 2 amide bonds. The van der Waals surface area contributed by atoms with E-state index in [1.54, 1.807) is 12.1 Å². The monoisotopic (exact) mass is 439 g/mol. The Labute approximate surface area is 173 Å². The Morgan fingerprint density at radius 3 is 2.57 bits per heavy atom. The van der Waals surface area contributed by atoms with Crippen LogP contribution in [-0.4, -0.2) is 35.1 Å². The third kappa shape index (κ3) is 4.33. The van der Waals surface area contributed by atoms with Gasteiger partial charge in [-0.1, -0.05) is 29.5 Å². The smallest absolute Gasteiger partial charge is 0.418 e. The van der Waals surface area contributed by atoms with Crippen LogP contribution in [0.25, 0.3) is 10.2 Å². The summed E-state index contributed by atoms with van der Waals surface area (Å²) in [6.45, 7) is 0.647. The average molecular weight is 439 g/mol. The van der Waals surface area contributed by atoms with Crippen LogP contribution in [0.4, 0.5) is 28.0 Å². The van der Waals surface area contributed by atoms with E-state index < -0.39 is 23.6 Å². The number of nitrogens with zero attached hydrogens (tertiary/aromatic N) is 2. The van der Waals surface area contributed by atoms with Crippen molar-refractivity contribution in [2.24, 2.45) is 0 Å². The number of hydrogen-bond acceptors (Lipinski definition) is 4. The van der Waals surface area contributed by atoms with E-state index in [2.05, 4.69) is 10.3 Å². The van der Waals surface area contributed by atoms with E-state index in [9.17, 15) is 22.4 Å². The Bertz CT molecular complexity index is 1060. The van der Waals surface area contributed by atoms with Crippen LogP contribution in [0.5, 0.6) is 5.19 Å². The lowest BCUT2D eigenvalue weighted by atomic mass is 10.1. The van der Waals surface area contributed by atoms with Crippen molar-refractivity contribution in [3.8, 4) is 5.19 Å². The normalized spacial score (nSPS) is 15.4. The molecule has 158 valence electrons. The number of carbonyl (C=O) groups is 1. The van der Waals surface area contributed by atoms with Crippen molar-refractivity contribution in [2.75, 3.05) is 18.4 Å². The van der Waals surface area contributed by atoms with E-state index in [4.69, 9.17) is 4.74 Å². The molecule has 0 atom stereocenters. The second-order valence-electron chi connectivity index (χ2n) is 6.84. The molecule has 0 spiro atoms. The lowest BCUT2D eigenvalue weighted by molar-refractivity contribution is -0.136. The van der Waals surface area contributed by atoms with Gasteiger partial charge in [0.15, 0.2) is 0 Å². The molecule has 1 saturated heterocycles. The van der Waals surface area contributed by atoms with Crippen LogP contribution in [0.2, 0.25) is 0 Å². The number of aromatic nitrogens is 1. The number of anilines is 1. The summed E-state index contributed by atoms with van der Waals surface area (Å²) >= 11 is 1.25. The molecule has 1 aliphatic heterocycles. The number of hydrogen-bond donors (Lipinski definition) is 1. The molecule has 5 nitrogen and oxygen atoms in total. The van der Waals surface area contributed by atoms with Gasteiger partial charge in [-0.25, -0.2) is 9.18 Å². The van der Waals surface area contributed by atoms with E-state index in [-0.39, 0.29) is 17.3 Å². The zero-order chi connectivity index (χ0) is 21.3. The molecule has 0 unspecified atom stereocenters. The first-order chi connectivity index (χ1) is 14.3. The standard InChI is InChI=1S/C20H17F4N3O2S/c21-14-5-3-7-16-17(14)26-19(30-16)29-12-8-10-27(11-9-12)18(28)25-15-6-2-1-4-13(15)20(22,23)24/h1-7,12H,8-11H2,(H,25,28). The van der Waals surface area contributed by atoms with E-state index in [1.165, 1.54) is 40.5 Å². The molecule has 1 N–H and O–H groups in total. The summed E-state index contributed by atoms with van der Waals surface area (Å²) in [6.07, 6.45) is -3.78. The maximum Gasteiger partial charge on any atom is 0.418 e. The number of piperidine rings is 1. The molecular weight excluding hydrogens is 422 g/mol. The van der Waals surface area contributed by atoms with Gasteiger partial charge in [0.1, 0.15) is 17.4 Å². The number of ether oxygens (including phenoxy) is 1. The van der Waals surface area contributed by atoms with Crippen LogP contribution < -0.4 is 10.1 Å². The highest BCUT2D eigenvalue weighted by Gasteiger charge is 2.34. The van der Waals surface area contributed by atoms with E-state index in [1.807, 2.05) is 0 Å². The summed E-state index contributed by atoms with van der Waals surface area (Å²) in [4.78, 5) is 18.0. The number of alkyl halides is 3. The molecule has 1 aliphatic rings. The molecule has 30 heavy (non-hydrogen) atoms. The van der Waals surface area contributed by atoms with Crippen molar-refractivity contribution in [1.29, 1.82) is 0 Å². The van der Waals surface area contributed by atoms with Crippen molar-refractivity contribution in [2.45, 2.75) is 25.1 Å². The Kier molecular flexibility index (Phi) is 5.50. The highest BCUT2D eigenvalue weighted by molar-refractivity contribution is 7.20. The average Bonchev–Trinajstić information content (AvgIpc) is 3.12. The molecule has 3 aromatic rings. The number of nitrogens with one attached hydrogen (secondary N) is 1. The highest BCUT2D eigenvalue weighted by atomic mass is 32.1. The van der Waals surface area contributed by atoms with Crippen LogP contribution in [0.3, 0.4) is 0 Å². The number of carbonyl (C=O) groups excluding carboxylic acids is 1. The molecular formula is C20H17F4N3O2S. The third-order valence-electron chi connectivity index (χ3n) is 4.82. The zero-order valence-corrected chi connectivity index (χ0v) is 16.4. The number of fused-ring (bicyclic) bond motifs is 1. The van der Waals surface area contributed by atoms with Crippen LogP contribution in [0.1, 0.15) is 18.4 Å². The van der Waals surface area contributed by atoms with E-state index in [0.717, 1.165) is 6.07 Å². The van der Waals surface area contributed by atoms with Gasteiger partial charge in [0.2, 0.25) is 0 Å². The van der Waals surface area contributed by atoms with Gasteiger partial charge in [-0.15, -0.1) is 0 Å². The second kappa shape index (κ2) is 8.10. The topological polar surface area (TPSA) is 54.5 Å². The predicted molar refractivity (Wildman–Crippen MR) is 105 cm³/mol. The molecule has 0 saturated carbocycles. The SMILES string of the molecule is O=C(Nc1ccccc1C(F)(F)F)N1CCC(Oc2nc3c(F)cccc3s2)CC1. The molecule has 10 heteroatoms. The quantitative estimate of drug-likeness (QED) is 0.546. The Morgan fingerprint density at radius 1 is 1.13 bits per heavy atom. The largest absolute Gasteiger partial charge is 0.467 e. The van der Waals surface area contributed by atoms with Gasteiger partial charge in [-0.3, -0.25) is 0 Å². The highest BCUT2D eigenvalue weighted by Crippen LogP contribution is 2.35. The molecule has 2 heterocycles. The van der Waals surface area contributed by atoms with Crippen LogP contribution in [0, 0.1) is 5.82 Å². The molecule has 4 rings (SSSR count). The fourth-order valence-corrected chi connectivity index (χ4v) is 4.19. The molecule has 0 radical (unpaired) electrons. The first kappa shape index (κ1) is 20.4. The molecule has 0 aliphatic carbocycles. The van der Waals surface area contributed by atoms with Crippen molar-refractivity contribution < 1.29 is 27.1 Å². The van der Waals surface area contributed by atoms with Crippen LogP contribution in [-0.2, 0) is 6.18 Å². The van der Waals surface area contributed by atoms with Crippen LogP contribution >= 0.6 is 11.3 Å². The zero-order valence-electron chi connectivity index (χ0n) is 15.6. The predicted octanol–water partition coefficient (Wildman–Crippen LogP) is 5.53. The van der Waals surface area contributed by atoms with Gasteiger partial charge in [0.25, 0.3) is 5.19 Å². The number of halogens is 4. The first-order valence-electron chi connectivity index (χ1n) is 9.25. The minimum Gasteiger partial charge on any atom is -0.467 e. The minimum absolute atomic E-state index is 0.208. The molecule has 0 bridgehead atoms. The van der Waals surface area contributed by atoms with Gasteiger partial charge in [0, 0.05) is 25.9 Å². The van der Waals surface area contributed by atoms with Gasteiger partial charge < -0.3 is 15.0 Å². The Hall–Kier alpha value is -2.88. The lowest BCUT2D eigenvalue weighted by Crippen LogP contribution is -2.44. The van der Waals surface area contributed by atoms with Gasteiger partial charge in [0.05, 0.1) is 16.0 Å². The summed E-state index contributed by atoms with van der Waals surface area (Å²) in [5, 5.41) is 2.71. The summed E-state index contributed by atoms with van der Waals surface area (Å²) in [5.41, 5.74) is -0.901. The van der Waals surface area contributed by atoms with E-state index >= 15 is 0 Å². The summed E-state index contributed by atoms with van der Waals surface area (Å²) in [6, 6.07) is 8.97. The van der Waals surface area contributed by atoms with Crippen molar-refractivity contribution >= 4 is 33.3 Å². The number of benzene rings is 2. The number of thiazole rings is 1. The number of para-hydroxylation sites is 2. The number of urea groups is 1. The van der Waals surface area contributed by atoms with Crippen molar-refractivity contribution in [3.63, 3.8) is 0 Å². The van der Waals surface area contributed by atoms with Crippen molar-refractivity contribution in [3.05, 3.63) is 53.8 Å². The number of rotatable bonds is 3. The van der Waals surface area contributed by atoms with Gasteiger partial charge in [-0.05, 0) is 24.3 Å². The third-order valence-corrected chi connectivity index (χ3v) is 5.73. The van der Waals surface area contributed by atoms with E-state index in [0.29, 0.717) is 35.8 Å². The maximum atomic E-state index is 13.8. The molecule has 1 aromatic heterocycles. The maximum absolute atomic E-state index is 13.8. The molecule has 2 aromatic carbocycles. The fourth-order valence-electron chi connectivity index (χ4n) is 3.30. The Morgan fingerprint density at radius 2 is 1.87 bits per heavy atom.